The van der Waals surface area contributed by atoms with Crippen molar-refractivity contribution in [1.82, 2.24) is 15.2 Å². The third-order valence-corrected chi connectivity index (χ3v) is 4.83. The van der Waals surface area contributed by atoms with Crippen molar-refractivity contribution in [1.29, 1.82) is 0 Å². The van der Waals surface area contributed by atoms with Crippen LogP contribution in [-0.4, -0.2) is 57.5 Å². The quantitative estimate of drug-likeness (QED) is 0.702. The zero-order valence-electron chi connectivity index (χ0n) is 15.5. The lowest BCUT2D eigenvalue weighted by Gasteiger charge is -2.32. The molecule has 1 aromatic heterocycles. The van der Waals surface area contributed by atoms with Crippen molar-refractivity contribution in [3.05, 3.63) is 59.2 Å². The van der Waals surface area contributed by atoms with Crippen molar-refractivity contribution in [2.45, 2.75) is 18.8 Å². The van der Waals surface area contributed by atoms with Crippen LogP contribution in [0.4, 0.5) is 4.39 Å². The van der Waals surface area contributed by atoms with Gasteiger partial charge in [-0.15, -0.1) is 0 Å². The van der Waals surface area contributed by atoms with E-state index in [1.54, 1.807) is 11.0 Å². The van der Waals surface area contributed by atoms with Gasteiger partial charge in [-0.05, 0) is 48.6 Å². The van der Waals surface area contributed by atoms with Gasteiger partial charge in [0.05, 0.1) is 0 Å². The number of aromatic hydroxyl groups is 1. The van der Waals surface area contributed by atoms with Gasteiger partial charge in [0.25, 0.3) is 11.8 Å². The summed E-state index contributed by atoms with van der Waals surface area (Å²) < 4.78 is 13.3. The van der Waals surface area contributed by atoms with E-state index in [-0.39, 0.29) is 23.3 Å². The summed E-state index contributed by atoms with van der Waals surface area (Å²) in [5, 5.41) is 20.8. The van der Waals surface area contributed by atoms with Gasteiger partial charge in [0.15, 0.2) is 5.69 Å². The van der Waals surface area contributed by atoms with E-state index in [9.17, 15) is 23.9 Å². The van der Waals surface area contributed by atoms with E-state index in [0.717, 1.165) is 5.56 Å². The highest BCUT2D eigenvalue weighted by Crippen LogP contribution is 2.31. The molecule has 2 aromatic rings. The number of hydrogen-bond acceptors (Lipinski definition) is 5. The molecule has 1 fully saturated rings. The van der Waals surface area contributed by atoms with Crippen LogP contribution in [0.2, 0.25) is 0 Å². The number of carboxylic acids is 1. The number of carboxylic acid groups (broad SMARTS) is 1. The van der Waals surface area contributed by atoms with Crippen LogP contribution in [0, 0.1) is 5.82 Å². The molecule has 2 heterocycles. The highest BCUT2D eigenvalue weighted by molar-refractivity contribution is 5.96. The van der Waals surface area contributed by atoms with Crippen LogP contribution in [-0.2, 0) is 4.79 Å². The Morgan fingerprint density at radius 3 is 2.55 bits per heavy atom. The first-order valence-electron chi connectivity index (χ1n) is 9.09. The minimum atomic E-state index is -1.20. The number of amides is 2. The zero-order chi connectivity index (χ0) is 21.0. The monoisotopic (exact) mass is 401 g/mol. The van der Waals surface area contributed by atoms with Gasteiger partial charge in [-0.2, -0.15) is 0 Å². The number of benzene rings is 1. The minimum Gasteiger partial charge on any atom is -0.505 e. The maximum absolute atomic E-state index is 13.3. The molecule has 0 aliphatic carbocycles. The highest BCUT2D eigenvalue weighted by atomic mass is 19.1. The molecule has 29 heavy (non-hydrogen) atoms. The van der Waals surface area contributed by atoms with Gasteiger partial charge in [-0.1, -0.05) is 6.07 Å². The number of aliphatic carboxylic acids is 1. The number of halogens is 1. The number of nitrogens with one attached hydrogen (secondary N) is 1. The molecule has 152 valence electrons. The Labute approximate surface area is 166 Å². The molecule has 0 spiro atoms. The number of likely N-dealkylation sites (tertiary alicyclic amines) is 1. The van der Waals surface area contributed by atoms with Crippen LogP contribution < -0.4 is 5.32 Å². The van der Waals surface area contributed by atoms with E-state index in [1.807, 2.05) is 0 Å². The lowest BCUT2D eigenvalue weighted by Crippen LogP contribution is -2.38. The molecule has 0 atom stereocenters. The van der Waals surface area contributed by atoms with Crippen LogP contribution in [0.3, 0.4) is 0 Å². The molecule has 1 aliphatic rings. The number of hydrogen-bond donors (Lipinski definition) is 3. The van der Waals surface area contributed by atoms with Gasteiger partial charge < -0.3 is 20.4 Å². The number of nitrogens with zero attached hydrogens (tertiary/aromatic N) is 2. The van der Waals surface area contributed by atoms with Crippen LogP contribution in [0.1, 0.15) is 45.2 Å². The van der Waals surface area contributed by atoms with Crippen molar-refractivity contribution in [2.75, 3.05) is 19.6 Å². The second kappa shape index (κ2) is 8.68. The van der Waals surface area contributed by atoms with E-state index >= 15 is 0 Å². The average Bonchev–Trinajstić information content (AvgIpc) is 2.71. The number of rotatable bonds is 5. The fraction of sp³-hybridized carbons (Fsp3) is 0.300. The summed E-state index contributed by atoms with van der Waals surface area (Å²) in [4.78, 5) is 40.5. The summed E-state index contributed by atoms with van der Waals surface area (Å²) in [6.07, 6.45) is 2.74. The van der Waals surface area contributed by atoms with E-state index < -0.39 is 24.2 Å². The highest BCUT2D eigenvalue weighted by Gasteiger charge is 2.26. The van der Waals surface area contributed by atoms with Crippen LogP contribution in [0.5, 0.6) is 5.75 Å². The van der Waals surface area contributed by atoms with Crippen LogP contribution in [0.25, 0.3) is 0 Å². The number of aromatic nitrogens is 1. The van der Waals surface area contributed by atoms with Crippen LogP contribution in [0.15, 0.2) is 36.5 Å². The van der Waals surface area contributed by atoms with Gasteiger partial charge in [0, 0.05) is 24.8 Å². The Bertz CT molecular complexity index is 941. The van der Waals surface area contributed by atoms with Crippen LogP contribution >= 0.6 is 0 Å². The molecule has 0 saturated carbocycles. The Hall–Kier alpha value is -3.49. The largest absolute Gasteiger partial charge is 0.505 e. The molecule has 3 rings (SSSR count). The summed E-state index contributed by atoms with van der Waals surface area (Å²) in [7, 11) is 0. The second-order valence-corrected chi connectivity index (χ2v) is 6.79. The van der Waals surface area contributed by atoms with E-state index in [4.69, 9.17) is 5.11 Å². The SMILES string of the molecule is O=C(O)CNC(=O)c1ncc(C2CCN(C(=O)c3cccc(F)c3)CC2)cc1O. The van der Waals surface area contributed by atoms with Gasteiger partial charge in [-0.3, -0.25) is 14.4 Å². The first-order chi connectivity index (χ1) is 13.8. The molecule has 0 unspecified atom stereocenters. The summed E-state index contributed by atoms with van der Waals surface area (Å²) in [6, 6.07) is 7.02. The fourth-order valence-corrected chi connectivity index (χ4v) is 3.33. The average molecular weight is 401 g/mol. The molecule has 2 amide bonds. The smallest absolute Gasteiger partial charge is 0.322 e. The summed E-state index contributed by atoms with van der Waals surface area (Å²) in [6.45, 7) is 0.378. The van der Waals surface area contributed by atoms with E-state index in [2.05, 4.69) is 10.3 Å². The summed E-state index contributed by atoms with van der Waals surface area (Å²) in [5.74, 6) is -2.94. The summed E-state index contributed by atoms with van der Waals surface area (Å²) >= 11 is 0. The third kappa shape index (κ3) is 4.87. The normalized spacial score (nSPS) is 14.4. The van der Waals surface area contributed by atoms with Crippen molar-refractivity contribution in [3.8, 4) is 5.75 Å². The van der Waals surface area contributed by atoms with Gasteiger partial charge in [0.2, 0.25) is 0 Å². The molecular formula is C20H20FN3O5. The lowest BCUT2D eigenvalue weighted by molar-refractivity contribution is -0.135. The Morgan fingerprint density at radius 2 is 1.93 bits per heavy atom. The third-order valence-electron chi connectivity index (χ3n) is 4.83. The Kier molecular flexibility index (Phi) is 6.06. The molecule has 1 aromatic carbocycles. The zero-order valence-corrected chi connectivity index (χ0v) is 15.5. The molecule has 1 aliphatic heterocycles. The van der Waals surface area contributed by atoms with Crippen molar-refractivity contribution >= 4 is 17.8 Å². The van der Waals surface area contributed by atoms with Gasteiger partial charge >= 0.3 is 5.97 Å². The standard InChI is InChI=1S/C20H20FN3O5/c21-15-3-1-2-13(8-15)20(29)24-6-4-12(5-7-24)14-9-16(25)18(22-10-14)19(28)23-11-17(26)27/h1-3,8-10,12,25H,4-7,11H2,(H,23,28)(H,26,27). The minimum absolute atomic E-state index is 0.0427. The van der Waals surface area contributed by atoms with E-state index in [1.165, 1.54) is 30.5 Å². The lowest BCUT2D eigenvalue weighted by atomic mass is 9.90. The number of carbonyl (C=O) groups is 3. The molecule has 0 bridgehead atoms. The molecule has 3 N–H and O–H groups in total. The predicted octanol–water partition coefficient (Wildman–Crippen LogP) is 1.76. The first kappa shape index (κ1) is 20.2. The molecule has 0 radical (unpaired) electrons. The maximum Gasteiger partial charge on any atom is 0.322 e. The predicted molar refractivity (Wildman–Crippen MR) is 100 cm³/mol. The number of piperidine rings is 1. The number of pyridine rings is 1. The van der Waals surface area contributed by atoms with Crippen molar-refractivity contribution < 1.29 is 29.0 Å². The topological polar surface area (TPSA) is 120 Å². The molecule has 1 saturated heterocycles. The number of carbonyl (C=O) groups excluding carboxylic acids is 2. The Balaban J connectivity index is 1.62. The summed E-state index contributed by atoms with van der Waals surface area (Å²) in [5.41, 5.74) is 0.795. The van der Waals surface area contributed by atoms with E-state index in [0.29, 0.717) is 31.5 Å². The van der Waals surface area contributed by atoms with Crippen molar-refractivity contribution in [2.24, 2.45) is 0 Å². The van der Waals surface area contributed by atoms with Crippen molar-refractivity contribution in [3.63, 3.8) is 0 Å². The molecular weight excluding hydrogens is 381 g/mol. The maximum atomic E-state index is 13.3. The van der Waals surface area contributed by atoms with Gasteiger partial charge in [-0.25, -0.2) is 9.37 Å². The fourth-order valence-electron chi connectivity index (χ4n) is 3.33. The molecule has 9 heteroatoms. The first-order valence-corrected chi connectivity index (χ1v) is 9.09. The Morgan fingerprint density at radius 1 is 1.21 bits per heavy atom. The molecule has 8 nitrogen and oxygen atoms in total. The van der Waals surface area contributed by atoms with Gasteiger partial charge in [0.1, 0.15) is 18.1 Å². The second-order valence-electron chi connectivity index (χ2n) is 6.79.